The van der Waals surface area contributed by atoms with E-state index in [1.54, 1.807) is 0 Å². The highest BCUT2D eigenvalue weighted by Crippen LogP contribution is 2.11. The molecular weight excluding hydrogens is 266 g/mol. The molecule has 0 heterocycles. The van der Waals surface area contributed by atoms with Gasteiger partial charge in [0.15, 0.2) is 0 Å². The Morgan fingerprint density at radius 1 is 1.40 bits per heavy atom. The Bertz CT molecular complexity index is 514. The average molecular weight is 281 g/mol. The largest absolute Gasteiger partial charge is 0.480 e. The fourth-order valence-electron chi connectivity index (χ4n) is 1.38. The predicted octanol–water partition coefficient (Wildman–Crippen LogP) is 1.21. The maximum Gasteiger partial charge on any atom is 0.326 e. The minimum atomic E-state index is -1.10. The van der Waals surface area contributed by atoms with Crippen molar-refractivity contribution >= 4 is 17.7 Å². The third-order valence-electron chi connectivity index (χ3n) is 2.85. The summed E-state index contributed by atoms with van der Waals surface area (Å²) in [4.78, 5) is 33.4. The first-order valence-electron chi connectivity index (χ1n) is 5.79. The predicted molar refractivity (Wildman–Crippen MR) is 70.2 cm³/mol. The number of nitrogens with zero attached hydrogens (tertiary/aromatic N) is 2. The van der Waals surface area contributed by atoms with E-state index < -0.39 is 23.0 Å². The van der Waals surface area contributed by atoms with Gasteiger partial charge in [-0.2, -0.15) is 0 Å². The van der Waals surface area contributed by atoms with Crippen LogP contribution in [0.5, 0.6) is 0 Å². The van der Waals surface area contributed by atoms with Crippen molar-refractivity contribution in [1.82, 2.24) is 10.2 Å². The third kappa shape index (κ3) is 3.94. The molecule has 8 nitrogen and oxygen atoms in total. The summed E-state index contributed by atoms with van der Waals surface area (Å²) >= 11 is 0. The van der Waals surface area contributed by atoms with Crippen LogP contribution in [0.1, 0.15) is 12.5 Å². The number of carboxylic acids is 1. The van der Waals surface area contributed by atoms with Crippen molar-refractivity contribution in [2.24, 2.45) is 0 Å². The molecule has 20 heavy (non-hydrogen) atoms. The number of benzene rings is 1. The van der Waals surface area contributed by atoms with Crippen LogP contribution in [0.3, 0.4) is 0 Å². The van der Waals surface area contributed by atoms with Gasteiger partial charge in [0.2, 0.25) is 0 Å². The van der Waals surface area contributed by atoms with Gasteiger partial charge in [-0.1, -0.05) is 12.1 Å². The molecule has 0 aliphatic heterocycles. The summed E-state index contributed by atoms with van der Waals surface area (Å²) in [7, 11) is 1.38. The molecule has 1 aromatic carbocycles. The molecule has 0 aliphatic rings. The molecule has 0 radical (unpaired) electrons. The van der Waals surface area contributed by atoms with E-state index in [0.29, 0.717) is 5.56 Å². The van der Waals surface area contributed by atoms with Crippen LogP contribution in [-0.4, -0.2) is 40.0 Å². The van der Waals surface area contributed by atoms with Crippen LogP contribution < -0.4 is 5.32 Å². The summed E-state index contributed by atoms with van der Waals surface area (Å²) in [6.07, 6.45) is 0. The van der Waals surface area contributed by atoms with Gasteiger partial charge in [-0.05, 0) is 12.5 Å². The van der Waals surface area contributed by atoms with Crippen LogP contribution in [0.2, 0.25) is 0 Å². The molecule has 1 atom stereocenters. The van der Waals surface area contributed by atoms with Crippen LogP contribution in [0.15, 0.2) is 24.3 Å². The van der Waals surface area contributed by atoms with Crippen LogP contribution >= 0.6 is 0 Å². The second-order valence-corrected chi connectivity index (χ2v) is 4.21. The lowest BCUT2D eigenvalue weighted by molar-refractivity contribution is -0.384. The van der Waals surface area contributed by atoms with Crippen LogP contribution in [0.25, 0.3) is 0 Å². The van der Waals surface area contributed by atoms with Gasteiger partial charge >= 0.3 is 12.0 Å². The van der Waals surface area contributed by atoms with E-state index in [4.69, 9.17) is 5.11 Å². The fraction of sp³-hybridized carbons (Fsp3) is 0.333. The van der Waals surface area contributed by atoms with Crippen molar-refractivity contribution in [1.29, 1.82) is 0 Å². The molecule has 0 spiro atoms. The Hall–Kier alpha value is -2.64. The molecular formula is C12H15N3O5. The molecule has 0 saturated carbocycles. The summed E-state index contributed by atoms with van der Waals surface area (Å²) in [5.74, 6) is -1.10. The van der Waals surface area contributed by atoms with Crippen molar-refractivity contribution in [2.75, 3.05) is 7.05 Å². The number of carbonyl (C=O) groups excluding carboxylic acids is 1. The number of rotatable bonds is 5. The molecule has 0 bridgehead atoms. The minimum Gasteiger partial charge on any atom is -0.480 e. The highest BCUT2D eigenvalue weighted by molar-refractivity contribution is 5.82. The number of nitro benzene ring substituents is 1. The van der Waals surface area contributed by atoms with Crippen LogP contribution in [0.4, 0.5) is 10.5 Å². The van der Waals surface area contributed by atoms with Gasteiger partial charge in [0.25, 0.3) is 5.69 Å². The molecule has 2 amide bonds. The molecule has 1 aromatic rings. The first-order chi connectivity index (χ1) is 9.32. The van der Waals surface area contributed by atoms with Crippen molar-refractivity contribution in [3.63, 3.8) is 0 Å². The lowest BCUT2D eigenvalue weighted by Crippen LogP contribution is -2.45. The average Bonchev–Trinajstić information content (AvgIpc) is 2.43. The molecule has 0 saturated heterocycles. The molecule has 8 heteroatoms. The Labute approximate surface area is 115 Å². The van der Waals surface area contributed by atoms with Gasteiger partial charge in [-0.15, -0.1) is 0 Å². The highest BCUT2D eigenvalue weighted by Gasteiger charge is 2.21. The molecule has 2 N–H and O–H groups in total. The zero-order valence-corrected chi connectivity index (χ0v) is 11.1. The number of amides is 2. The van der Waals surface area contributed by atoms with Crippen molar-refractivity contribution in [3.05, 3.63) is 39.9 Å². The first-order valence-corrected chi connectivity index (χ1v) is 5.79. The maximum absolute atomic E-state index is 11.7. The summed E-state index contributed by atoms with van der Waals surface area (Å²) in [6, 6.07) is 4.26. The van der Waals surface area contributed by atoms with Gasteiger partial charge in [0.05, 0.1) is 4.92 Å². The van der Waals surface area contributed by atoms with Crippen LogP contribution in [0, 0.1) is 10.1 Å². The zero-order valence-electron chi connectivity index (χ0n) is 11.1. The molecule has 1 rings (SSSR count). The molecule has 0 aromatic heterocycles. The number of likely N-dealkylation sites (N-methyl/N-ethyl adjacent to an activating group) is 1. The fourth-order valence-corrected chi connectivity index (χ4v) is 1.38. The number of carbonyl (C=O) groups is 2. The highest BCUT2D eigenvalue weighted by atomic mass is 16.6. The Morgan fingerprint density at radius 2 is 1.95 bits per heavy atom. The number of urea groups is 1. The second-order valence-electron chi connectivity index (χ2n) is 4.21. The lowest BCUT2D eigenvalue weighted by Gasteiger charge is -2.21. The second kappa shape index (κ2) is 6.50. The van der Waals surface area contributed by atoms with E-state index in [1.807, 2.05) is 0 Å². The summed E-state index contributed by atoms with van der Waals surface area (Å²) in [6.45, 7) is 1.56. The molecule has 1 unspecified atom stereocenters. The van der Waals surface area contributed by atoms with E-state index in [2.05, 4.69) is 5.32 Å². The van der Waals surface area contributed by atoms with E-state index >= 15 is 0 Å². The number of aliphatic carboxylic acids is 1. The van der Waals surface area contributed by atoms with E-state index in [9.17, 15) is 19.7 Å². The minimum absolute atomic E-state index is 0.0308. The van der Waals surface area contributed by atoms with E-state index in [-0.39, 0.29) is 12.2 Å². The van der Waals surface area contributed by atoms with Crippen LogP contribution in [-0.2, 0) is 11.3 Å². The number of hydrogen-bond donors (Lipinski definition) is 2. The van der Waals surface area contributed by atoms with Gasteiger partial charge in [0, 0.05) is 25.7 Å². The number of non-ortho nitro benzene ring substituents is 1. The molecule has 0 aliphatic carbocycles. The summed E-state index contributed by atoms with van der Waals surface area (Å²) in [5.41, 5.74) is 0.650. The SMILES string of the molecule is CC(C(=O)O)N(C)C(=O)NCc1ccc([N+](=O)[O-])cc1. The summed E-state index contributed by atoms with van der Waals surface area (Å²) < 4.78 is 0. The molecule has 0 fully saturated rings. The van der Waals surface area contributed by atoms with Gasteiger partial charge < -0.3 is 15.3 Å². The normalized spacial score (nSPS) is 11.5. The van der Waals surface area contributed by atoms with Gasteiger partial charge in [0.1, 0.15) is 6.04 Å². The Balaban J connectivity index is 2.56. The third-order valence-corrected chi connectivity index (χ3v) is 2.85. The topological polar surface area (TPSA) is 113 Å². The van der Waals surface area contributed by atoms with E-state index in [0.717, 1.165) is 4.90 Å². The number of nitrogens with one attached hydrogen (secondary N) is 1. The lowest BCUT2D eigenvalue weighted by atomic mass is 10.2. The number of nitro groups is 1. The van der Waals surface area contributed by atoms with Crippen molar-refractivity contribution in [3.8, 4) is 0 Å². The van der Waals surface area contributed by atoms with Gasteiger partial charge in [-0.3, -0.25) is 10.1 Å². The standard InChI is InChI=1S/C12H15N3O5/c1-8(11(16)17)14(2)12(18)13-7-9-3-5-10(6-4-9)15(19)20/h3-6,8H,7H2,1-2H3,(H,13,18)(H,16,17). The maximum atomic E-state index is 11.7. The van der Waals surface area contributed by atoms with Crippen molar-refractivity contribution < 1.29 is 19.6 Å². The monoisotopic (exact) mass is 281 g/mol. The zero-order chi connectivity index (χ0) is 15.3. The number of carboxylic acid groups (broad SMARTS) is 1. The number of hydrogen-bond acceptors (Lipinski definition) is 4. The molecule has 108 valence electrons. The smallest absolute Gasteiger partial charge is 0.326 e. The van der Waals surface area contributed by atoms with Gasteiger partial charge in [-0.25, -0.2) is 9.59 Å². The Morgan fingerprint density at radius 3 is 2.40 bits per heavy atom. The quantitative estimate of drug-likeness (QED) is 0.622. The summed E-state index contributed by atoms with van der Waals surface area (Å²) in [5, 5.41) is 21.8. The first kappa shape index (κ1) is 15.4. The van der Waals surface area contributed by atoms with Crippen molar-refractivity contribution in [2.45, 2.75) is 19.5 Å². The Kier molecular flexibility index (Phi) is 5.01. The van der Waals surface area contributed by atoms with E-state index in [1.165, 1.54) is 38.2 Å².